The van der Waals surface area contributed by atoms with Crippen molar-refractivity contribution in [3.8, 4) is 0 Å². The van der Waals surface area contributed by atoms with E-state index in [2.05, 4.69) is 5.32 Å². The first-order valence-electron chi connectivity index (χ1n) is 6.09. The van der Waals surface area contributed by atoms with Crippen molar-refractivity contribution >= 4 is 46.7 Å². The molecule has 0 aromatic heterocycles. The first-order chi connectivity index (χ1) is 9.45. The van der Waals surface area contributed by atoms with Gasteiger partial charge in [-0.3, -0.25) is 14.9 Å². The van der Waals surface area contributed by atoms with E-state index in [1.165, 1.54) is 18.2 Å². The topological polar surface area (TPSA) is 66.5 Å². The number of nitrogens with one attached hydrogen (secondary N) is 1. The fourth-order valence-corrected chi connectivity index (χ4v) is 2.54. The molecule has 1 aliphatic rings. The van der Waals surface area contributed by atoms with E-state index < -0.39 is 23.8 Å². The van der Waals surface area contributed by atoms with E-state index in [1.807, 2.05) is 6.92 Å². The SMILES string of the molecule is CCCC1C(=O)NC(=O)N(c2ccc(Cl)cc2Cl)C1=O. The highest BCUT2D eigenvalue weighted by Gasteiger charge is 2.41. The fourth-order valence-electron chi connectivity index (χ4n) is 2.05. The van der Waals surface area contributed by atoms with Gasteiger partial charge in [0.25, 0.3) is 0 Å². The van der Waals surface area contributed by atoms with Crippen molar-refractivity contribution in [3.05, 3.63) is 28.2 Å². The van der Waals surface area contributed by atoms with Crippen LogP contribution in [0.5, 0.6) is 0 Å². The van der Waals surface area contributed by atoms with E-state index in [1.54, 1.807) is 0 Å². The monoisotopic (exact) mass is 314 g/mol. The molecule has 1 unspecified atom stereocenters. The van der Waals surface area contributed by atoms with Gasteiger partial charge < -0.3 is 0 Å². The second-order valence-corrected chi connectivity index (χ2v) is 5.25. The van der Waals surface area contributed by atoms with E-state index in [-0.39, 0.29) is 10.7 Å². The predicted octanol–water partition coefficient (Wildman–Crippen LogP) is 2.99. The molecule has 1 aromatic carbocycles. The summed E-state index contributed by atoms with van der Waals surface area (Å²) in [6.45, 7) is 1.86. The Kier molecular flexibility index (Phi) is 4.30. The largest absolute Gasteiger partial charge is 0.335 e. The molecule has 0 radical (unpaired) electrons. The summed E-state index contributed by atoms with van der Waals surface area (Å²) in [5.41, 5.74) is 0.215. The van der Waals surface area contributed by atoms with Crippen molar-refractivity contribution in [3.63, 3.8) is 0 Å². The molecule has 0 aliphatic carbocycles. The number of hydrogen-bond acceptors (Lipinski definition) is 3. The summed E-state index contributed by atoms with van der Waals surface area (Å²) in [6.07, 6.45) is 1.03. The maximum Gasteiger partial charge on any atom is 0.335 e. The van der Waals surface area contributed by atoms with Crippen LogP contribution in [0, 0.1) is 5.92 Å². The Labute approximate surface area is 125 Å². The zero-order valence-electron chi connectivity index (χ0n) is 10.7. The molecule has 20 heavy (non-hydrogen) atoms. The summed E-state index contributed by atoms with van der Waals surface area (Å²) in [4.78, 5) is 36.8. The van der Waals surface area contributed by atoms with Crippen LogP contribution in [0.15, 0.2) is 18.2 Å². The Bertz CT molecular complexity index is 589. The van der Waals surface area contributed by atoms with Gasteiger partial charge in [-0.15, -0.1) is 0 Å². The second kappa shape index (κ2) is 5.81. The number of barbiturate groups is 1. The quantitative estimate of drug-likeness (QED) is 0.872. The Morgan fingerprint density at radius 2 is 1.95 bits per heavy atom. The molecule has 0 spiro atoms. The fraction of sp³-hybridized carbons (Fsp3) is 0.308. The van der Waals surface area contributed by atoms with E-state index in [4.69, 9.17) is 23.2 Å². The van der Waals surface area contributed by atoms with Crippen LogP contribution < -0.4 is 10.2 Å². The number of amides is 4. The van der Waals surface area contributed by atoms with E-state index >= 15 is 0 Å². The summed E-state index contributed by atoms with van der Waals surface area (Å²) in [5.74, 6) is -2.00. The molecular weight excluding hydrogens is 303 g/mol. The molecule has 1 heterocycles. The van der Waals surface area contributed by atoms with E-state index in [0.717, 1.165) is 4.90 Å². The van der Waals surface area contributed by atoms with E-state index in [9.17, 15) is 14.4 Å². The summed E-state index contributed by atoms with van der Waals surface area (Å²) < 4.78 is 0. The van der Waals surface area contributed by atoms with Crippen molar-refractivity contribution in [1.82, 2.24) is 5.32 Å². The maximum atomic E-state index is 12.3. The zero-order chi connectivity index (χ0) is 14.9. The lowest BCUT2D eigenvalue weighted by molar-refractivity contribution is -0.134. The number of carbonyl (C=O) groups excluding carboxylic acids is 3. The minimum atomic E-state index is -0.871. The highest BCUT2D eigenvalue weighted by Crippen LogP contribution is 2.31. The number of hydrogen-bond donors (Lipinski definition) is 1. The van der Waals surface area contributed by atoms with Crippen LogP contribution in [0.25, 0.3) is 0 Å². The molecule has 4 amide bonds. The number of rotatable bonds is 3. The molecular formula is C13H12Cl2N2O3. The van der Waals surface area contributed by atoms with Gasteiger partial charge in [0.1, 0.15) is 5.92 Å². The lowest BCUT2D eigenvalue weighted by Crippen LogP contribution is -2.58. The molecule has 1 atom stereocenters. The molecule has 1 saturated heterocycles. The smallest absolute Gasteiger partial charge is 0.277 e. The average Bonchev–Trinajstić information content (AvgIpc) is 2.37. The van der Waals surface area contributed by atoms with Gasteiger partial charge in [0.2, 0.25) is 11.8 Å². The highest BCUT2D eigenvalue weighted by molar-refractivity contribution is 6.38. The summed E-state index contributed by atoms with van der Waals surface area (Å²) in [7, 11) is 0. The highest BCUT2D eigenvalue weighted by atomic mass is 35.5. The molecule has 7 heteroatoms. The first-order valence-corrected chi connectivity index (χ1v) is 6.85. The molecule has 1 aromatic rings. The lowest BCUT2D eigenvalue weighted by Gasteiger charge is -2.30. The first kappa shape index (κ1) is 14.8. The van der Waals surface area contributed by atoms with Gasteiger partial charge >= 0.3 is 6.03 Å². The average molecular weight is 315 g/mol. The van der Waals surface area contributed by atoms with Crippen LogP contribution in [0.2, 0.25) is 10.0 Å². The number of imide groups is 2. The summed E-state index contributed by atoms with van der Waals surface area (Å²) >= 11 is 11.8. The van der Waals surface area contributed by atoms with Crippen LogP contribution in [-0.2, 0) is 9.59 Å². The lowest BCUT2D eigenvalue weighted by atomic mass is 9.99. The molecule has 0 bridgehead atoms. The van der Waals surface area contributed by atoms with Gasteiger partial charge in [0, 0.05) is 5.02 Å². The minimum absolute atomic E-state index is 0.172. The minimum Gasteiger partial charge on any atom is -0.277 e. The van der Waals surface area contributed by atoms with Crippen LogP contribution in [0.3, 0.4) is 0 Å². The van der Waals surface area contributed by atoms with Gasteiger partial charge in [-0.25, -0.2) is 9.69 Å². The van der Waals surface area contributed by atoms with Crippen molar-refractivity contribution in [2.24, 2.45) is 5.92 Å². The number of benzene rings is 1. The number of carbonyl (C=O) groups is 3. The summed E-state index contributed by atoms with van der Waals surface area (Å²) in [5, 5.41) is 2.74. The van der Waals surface area contributed by atoms with Crippen LogP contribution in [0.1, 0.15) is 19.8 Å². The van der Waals surface area contributed by atoms with Crippen molar-refractivity contribution in [2.45, 2.75) is 19.8 Å². The Balaban J connectivity index is 2.41. The van der Waals surface area contributed by atoms with Crippen LogP contribution in [0.4, 0.5) is 10.5 Å². The number of halogens is 2. The maximum absolute atomic E-state index is 12.3. The molecule has 1 fully saturated rings. The Morgan fingerprint density at radius 1 is 1.25 bits per heavy atom. The molecule has 1 N–H and O–H groups in total. The molecule has 1 aliphatic heterocycles. The third-order valence-electron chi connectivity index (χ3n) is 3.00. The summed E-state index contributed by atoms with van der Waals surface area (Å²) in [6, 6.07) is 3.64. The molecule has 106 valence electrons. The van der Waals surface area contributed by atoms with Crippen molar-refractivity contribution in [1.29, 1.82) is 0 Å². The van der Waals surface area contributed by atoms with Gasteiger partial charge in [0.15, 0.2) is 0 Å². The third-order valence-corrected chi connectivity index (χ3v) is 3.53. The number of anilines is 1. The normalized spacial score (nSPS) is 19.2. The van der Waals surface area contributed by atoms with Gasteiger partial charge in [-0.05, 0) is 24.6 Å². The van der Waals surface area contributed by atoms with Gasteiger partial charge in [0.05, 0.1) is 10.7 Å². The third kappa shape index (κ3) is 2.64. The standard InChI is InChI=1S/C13H12Cl2N2O3/c1-2-3-8-11(18)16-13(20)17(12(8)19)10-5-4-7(14)6-9(10)15/h4-6,8H,2-3H2,1H3,(H,16,18,20). The zero-order valence-corrected chi connectivity index (χ0v) is 12.2. The van der Waals surface area contributed by atoms with Crippen LogP contribution in [-0.4, -0.2) is 17.8 Å². The Morgan fingerprint density at radius 3 is 2.55 bits per heavy atom. The predicted molar refractivity (Wildman–Crippen MR) is 75.9 cm³/mol. The van der Waals surface area contributed by atoms with Crippen LogP contribution >= 0.6 is 23.2 Å². The Hall–Kier alpha value is -1.59. The van der Waals surface area contributed by atoms with Gasteiger partial charge in [-0.1, -0.05) is 36.5 Å². The van der Waals surface area contributed by atoms with Crippen molar-refractivity contribution in [2.75, 3.05) is 4.90 Å². The molecule has 2 rings (SSSR count). The molecule has 0 saturated carbocycles. The second-order valence-electron chi connectivity index (χ2n) is 4.41. The van der Waals surface area contributed by atoms with Gasteiger partial charge in [-0.2, -0.15) is 0 Å². The number of nitrogens with zero attached hydrogens (tertiary/aromatic N) is 1. The van der Waals surface area contributed by atoms with Crippen molar-refractivity contribution < 1.29 is 14.4 Å². The molecule has 5 nitrogen and oxygen atoms in total. The van der Waals surface area contributed by atoms with E-state index in [0.29, 0.717) is 17.9 Å². The number of urea groups is 1.